The molecule has 1 aromatic carbocycles. The molecule has 0 bridgehead atoms. The molecule has 8 heteroatoms. The number of imide groups is 1. The fourth-order valence-electron chi connectivity index (χ4n) is 2.98. The first kappa shape index (κ1) is 18.7. The molecular formula is C19H23N4O4+. The molecule has 8 nitrogen and oxygen atoms in total. The van der Waals surface area contributed by atoms with Crippen molar-refractivity contribution in [1.82, 2.24) is 15.5 Å². The van der Waals surface area contributed by atoms with Gasteiger partial charge in [0.2, 0.25) is 0 Å². The summed E-state index contributed by atoms with van der Waals surface area (Å²) in [6.45, 7) is 2.93. The molecule has 3 rings (SSSR count). The van der Waals surface area contributed by atoms with E-state index in [1.165, 1.54) is 6.26 Å². The SMILES string of the molecule is O=C(C[NH+]1CCN(C(=O)c2ccco2)CC1)NC(=O)NCc1ccccc1. The van der Waals surface area contributed by atoms with Crippen LogP contribution in [-0.4, -0.2) is 55.5 Å². The lowest BCUT2D eigenvalue weighted by Gasteiger charge is -2.31. The molecule has 1 fully saturated rings. The van der Waals surface area contributed by atoms with Gasteiger partial charge >= 0.3 is 6.03 Å². The molecule has 1 aromatic heterocycles. The van der Waals surface area contributed by atoms with Crippen molar-refractivity contribution in [1.29, 1.82) is 0 Å². The number of nitrogens with one attached hydrogen (secondary N) is 3. The first-order valence-electron chi connectivity index (χ1n) is 8.90. The minimum absolute atomic E-state index is 0.135. The second-order valence-corrected chi connectivity index (χ2v) is 6.41. The minimum Gasteiger partial charge on any atom is -0.459 e. The summed E-state index contributed by atoms with van der Waals surface area (Å²) in [5, 5.41) is 5.01. The van der Waals surface area contributed by atoms with E-state index < -0.39 is 6.03 Å². The monoisotopic (exact) mass is 371 g/mol. The van der Waals surface area contributed by atoms with Crippen LogP contribution in [-0.2, 0) is 11.3 Å². The first-order chi connectivity index (χ1) is 13.1. The molecule has 3 N–H and O–H groups in total. The number of carbonyl (C=O) groups excluding carboxylic acids is 3. The van der Waals surface area contributed by atoms with Gasteiger partial charge in [0.25, 0.3) is 11.8 Å². The number of nitrogens with zero attached hydrogens (tertiary/aromatic N) is 1. The highest BCUT2D eigenvalue weighted by molar-refractivity contribution is 5.94. The maximum Gasteiger partial charge on any atom is 0.321 e. The van der Waals surface area contributed by atoms with Gasteiger partial charge in [-0.1, -0.05) is 30.3 Å². The van der Waals surface area contributed by atoms with Crippen molar-refractivity contribution in [3.63, 3.8) is 0 Å². The highest BCUT2D eigenvalue weighted by Gasteiger charge is 2.27. The van der Waals surface area contributed by atoms with Gasteiger partial charge in [-0.05, 0) is 17.7 Å². The Morgan fingerprint density at radius 2 is 1.78 bits per heavy atom. The van der Waals surface area contributed by atoms with Crippen molar-refractivity contribution in [2.75, 3.05) is 32.7 Å². The predicted molar refractivity (Wildman–Crippen MR) is 97.0 cm³/mol. The van der Waals surface area contributed by atoms with E-state index in [9.17, 15) is 14.4 Å². The Labute approximate surface area is 157 Å². The van der Waals surface area contributed by atoms with Crippen LogP contribution in [0.1, 0.15) is 16.1 Å². The van der Waals surface area contributed by atoms with E-state index in [0.717, 1.165) is 10.5 Å². The number of benzene rings is 1. The Bertz CT molecular complexity index is 768. The Balaban J connectivity index is 1.36. The van der Waals surface area contributed by atoms with E-state index in [0.29, 0.717) is 38.5 Å². The van der Waals surface area contributed by atoms with E-state index in [1.807, 2.05) is 30.3 Å². The maximum atomic E-state index is 12.2. The van der Waals surface area contributed by atoms with Gasteiger partial charge in [-0.2, -0.15) is 0 Å². The average Bonchev–Trinajstić information content (AvgIpc) is 3.22. The van der Waals surface area contributed by atoms with Crippen LogP contribution in [0, 0.1) is 0 Å². The average molecular weight is 371 g/mol. The number of amides is 4. The fraction of sp³-hybridized carbons (Fsp3) is 0.316. The number of hydrogen-bond acceptors (Lipinski definition) is 4. The Hall–Kier alpha value is -3.13. The van der Waals surface area contributed by atoms with Gasteiger partial charge < -0.3 is 19.5 Å². The van der Waals surface area contributed by atoms with Gasteiger partial charge in [-0.3, -0.25) is 14.9 Å². The molecule has 1 saturated heterocycles. The molecule has 2 aromatic rings. The van der Waals surface area contributed by atoms with E-state index in [2.05, 4.69) is 10.6 Å². The highest BCUT2D eigenvalue weighted by atomic mass is 16.3. The molecule has 0 atom stereocenters. The first-order valence-corrected chi connectivity index (χ1v) is 8.90. The molecule has 0 saturated carbocycles. The van der Waals surface area contributed by atoms with Crippen LogP contribution in [0.25, 0.3) is 0 Å². The standard InChI is InChI=1S/C19H22N4O4/c24-17(21-19(26)20-13-15-5-2-1-3-6-15)14-22-8-10-23(11-9-22)18(25)16-7-4-12-27-16/h1-7,12H,8-11,13-14H2,(H2,20,21,24,26)/p+1. The number of piperazine rings is 1. The summed E-state index contributed by atoms with van der Waals surface area (Å²) in [4.78, 5) is 38.8. The third-order valence-corrected chi connectivity index (χ3v) is 4.45. The molecule has 0 spiro atoms. The summed E-state index contributed by atoms with van der Waals surface area (Å²) in [7, 11) is 0. The van der Waals surface area contributed by atoms with Crippen LogP contribution in [0.3, 0.4) is 0 Å². The van der Waals surface area contributed by atoms with Crippen LogP contribution in [0.15, 0.2) is 53.1 Å². The molecule has 0 radical (unpaired) electrons. The molecule has 1 aliphatic rings. The van der Waals surface area contributed by atoms with Crippen LogP contribution >= 0.6 is 0 Å². The third-order valence-electron chi connectivity index (χ3n) is 4.45. The highest BCUT2D eigenvalue weighted by Crippen LogP contribution is 2.05. The van der Waals surface area contributed by atoms with Crippen LogP contribution in [0.4, 0.5) is 4.79 Å². The molecule has 0 aliphatic carbocycles. The zero-order chi connectivity index (χ0) is 19.1. The number of carbonyl (C=O) groups is 3. The summed E-state index contributed by atoms with van der Waals surface area (Å²) in [5.74, 6) is -0.142. The Kier molecular flexibility index (Phi) is 6.22. The lowest BCUT2D eigenvalue weighted by Crippen LogP contribution is -3.15. The smallest absolute Gasteiger partial charge is 0.321 e. The summed E-state index contributed by atoms with van der Waals surface area (Å²) < 4.78 is 5.13. The van der Waals surface area contributed by atoms with Crippen molar-refractivity contribution in [3.8, 4) is 0 Å². The quantitative estimate of drug-likeness (QED) is 0.669. The number of hydrogen-bond donors (Lipinski definition) is 3. The van der Waals surface area contributed by atoms with E-state index in [1.54, 1.807) is 17.0 Å². The Morgan fingerprint density at radius 3 is 2.44 bits per heavy atom. The second kappa shape index (κ2) is 9.00. The van der Waals surface area contributed by atoms with E-state index in [-0.39, 0.29) is 18.4 Å². The van der Waals surface area contributed by atoms with Gasteiger partial charge in [0.05, 0.1) is 32.4 Å². The minimum atomic E-state index is -0.505. The topological polar surface area (TPSA) is 96.1 Å². The fourth-order valence-corrected chi connectivity index (χ4v) is 2.98. The largest absolute Gasteiger partial charge is 0.459 e. The van der Waals surface area contributed by atoms with Gasteiger partial charge in [-0.15, -0.1) is 0 Å². The van der Waals surface area contributed by atoms with Gasteiger partial charge in [0.15, 0.2) is 12.3 Å². The van der Waals surface area contributed by atoms with Crippen LogP contribution in [0.5, 0.6) is 0 Å². The third kappa shape index (κ3) is 5.42. The summed E-state index contributed by atoms with van der Waals surface area (Å²) in [6, 6.07) is 12.3. The lowest BCUT2D eigenvalue weighted by atomic mass is 10.2. The number of rotatable bonds is 5. The maximum absolute atomic E-state index is 12.2. The van der Waals surface area contributed by atoms with E-state index >= 15 is 0 Å². The van der Waals surface area contributed by atoms with Crippen LogP contribution in [0.2, 0.25) is 0 Å². The number of quaternary nitrogens is 1. The van der Waals surface area contributed by atoms with Gasteiger partial charge in [0.1, 0.15) is 0 Å². The van der Waals surface area contributed by atoms with Crippen LogP contribution < -0.4 is 15.5 Å². The zero-order valence-corrected chi connectivity index (χ0v) is 14.9. The van der Waals surface area contributed by atoms with Crippen molar-refractivity contribution in [2.24, 2.45) is 0 Å². The molecular weight excluding hydrogens is 348 g/mol. The van der Waals surface area contributed by atoms with Crippen molar-refractivity contribution in [3.05, 3.63) is 60.1 Å². The van der Waals surface area contributed by atoms with Gasteiger partial charge in [0, 0.05) is 6.54 Å². The molecule has 142 valence electrons. The summed E-state index contributed by atoms with van der Waals surface area (Å²) >= 11 is 0. The van der Waals surface area contributed by atoms with Crippen molar-refractivity contribution >= 4 is 17.8 Å². The predicted octanol–water partition coefficient (Wildman–Crippen LogP) is -0.354. The van der Waals surface area contributed by atoms with Crippen molar-refractivity contribution in [2.45, 2.75) is 6.54 Å². The molecule has 1 aliphatic heterocycles. The molecule has 27 heavy (non-hydrogen) atoms. The lowest BCUT2D eigenvalue weighted by molar-refractivity contribution is -0.895. The summed E-state index contributed by atoms with van der Waals surface area (Å²) in [5.41, 5.74) is 0.961. The van der Waals surface area contributed by atoms with E-state index in [4.69, 9.17) is 4.42 Å². The Morgan fingerprint density at radius 1 is 1.04 bits per heavy atom. The molecule has 4 amide bonds. The van der Waals surface area contributed by atoms with Crippen molar-refractivity contribution < 1.29 is 23.7 Å². The van der Waals surface area contributed by atoms with Gasteiger partial charge in [-0.25, -0.2) is 4.79 Å². The summed E-state index contributed by atoms with van der Waals surface area (Å²) in [6.07, 6.45) is 1.47. The zero-order valence-electron chi connectivity index (χ0n) is 14.9. The normalized spacial score (nSPS) is 14.6. The number of urea groups is 1. The molecule has 0 unspecified atom stereocenters. The number of furan rings is 1. The molecule has 2 heterocycles. The second-order valence-electron chi connectivity index (χ2n) is 6.41.